The van der Waals surface area contributed by atoms with Crippen LogP contribution in [0.3, 0.4) is 0 Å². The van der Waals surface area contributed by atoms with Crippen molar-refractivity contribution in [3.8, 4) is 5.75 Å². The molecule has 1 heterocycles. The number of ether oxygens (including phenoxy) is 2. The molecule has 0 bridgehead atoms. The summed E-state index contributed by atoms with van der Waals surface area (Å²) in [6.45, 7) is -2.29. The molecule has 1 fully saturated rings. The molecule has 6 nitrogen and oxygen atoms in total. The van der Waals surface area contributed by atoms with Crippen molar-refractivity contribution in [1.82, 2.24) is 0 Å². The Labute approximate surface area is 154 Å². The van der Waals surface area contributed by atoms with E-state index in [-0.39, 0.29) is 12.4 Å². The first-order valence-electron chi connectivity index (χ1n) is 8.11. The van der Waals surface area contributed by atoms with Crippen LogP contribution >= 0.6 is 0 Å². The van der Waals surface area contributed by atoms with Gasteiger partial charge in [0.25, 0.3) is 0 Å². The van der Waals surface area contributed by atoms with Crippen LogP contribution in [0.5, 0.6) is 5.75 Å². The van der Waals surface area contributed by atoms with Crippen molar-refractivity contribution in [2.24, 2.45) is 0 Å². The van der Waals surface area contributed by atoms with E-state index < -0.39 is 18.6 Å². The summed E-state index contributed by atoms with van der Waals surface area (Å²) in [5.41, 5.74) is 1.29. The van der Waals surface area contributed by atoms with E-state index in [9.17, 15) is 18.4 Å². The number of rotatable bonds is 6. The second kappa shape index (κ2) is 8.31. The van der Waals surface area contributed by atoms with E-state index >= 15 is 0 Å². The number of anilines is 2. The molecule has 0 aliphatic carbocycles. The van der Waals surface area contributed by atoms with Crippen molar-refractivity contribution in [1.29, 1.82) is 0 Å². The summed E-state index contributed by atoms with van der Waals surface area (Å²) in [6, 6.07) is 12.9. The van der Waals surface area contributed by atoms with Crippen LogP contribution in [0.1, 0.15) is 5.56 Å². The van der Waals surface area contributed by atoms with Crippen molar-refractivity contribution in [2.45, 2.75) is 6.61 Å². The van der Waals surface area contributed by atoms with Crippen LogP contribution in [-0.4, -0.2) is 31.8 Å². The Bertz CT molecular complexity index is 870. The van der Waals surface area contributed by atoms with E-state index in [1.807, 2.05) is 0 Å². The normalized spacial score (nSPS) is 13.9. The minimum atomic E-state index is -2.96. The molecule has 2 aromatic rings. The number of amides is 2. The fraction of sp³-hybridized carbons (Fsp3) is 0.158. The van der Waals surface area contributed by atoms with Gasteiger partial charge in [0.05, 0.1) is 17.9 Å². The number of alkyl halides is 2. The average molecular weight is 374 g/mol. The van der Waals surface area contributed by atoms with Crippen molar-refractivity contribution < 1.29 is 27.8 Å². The Morgan fingerprint density at radius 1 is 1.19 bits per heavy atom. The lowest BCUT2D eigenvalue weighted by atomic mass is 10.2. The van der Waals surface area contributed by atoms with Crippen LogP contribution in [0.25, 0.3) is 6.08 Å². The number of cyclic esters (lactones) is 1. The third-order valence-corrected chi connectivity index (χ3v) is 3.76. The molecule has 140 valence electrons. The highest BCUT2D eigenvalue weighted by Gasteiger charge is 2.25. The molecule has 0 aromatic heterocycles. The van der Waals surface area contributed by atoms with Crippen LogP contribution in [0.4, 0.5) is 25.0 Å². The summed E-state index contributed by atoms with van der Waals surface area (Å²) in [6.07, 6.45) is 2.09. The molecule has 1 saturated heterocycles. The van der Waals surface area contributed by atoms with Crippen molar-refractivity contribution in [2.75, 3.05) is 23.4 Å². The van der Waals surface area contributed by atoms with Gasteiger partial charge in [-0.1, -0.05) is 30.3 Å². The molecule has 0 radical (unpaired) electrons. The molecule has 8 heteroatoms. The van der Waals surface area contributed by atoms with Gasteiger partial charge in [-0.05, 0) is 24.3 Å². The summed E-state index contributed by atoms with van der Waals surface area (Å²) in [5.74, 6) is -0.515. The Hall–Kier alpha value is -3.42. The minimum absolute atomic E-state index is 0.0308. The topological polar surface area (TPSA) is 67.9 Å². The molecule has 27 heavy (non-hydrogen) atoms. The zero-order valence-corrected chi connectivity index (χ0v) is 14.1. The van der Waals surface area contributed by atoms with Gasteiger partial charge in [0, 0.05) is 11.6 Å². The summed E-state index contributed by atoms with van der Waals surface area (Å²) >= 11 is 0. The Morgan fingerprint density at radius 3 is 2.67 bits per heavy atom. The van der Waals surface area contributed by atoms with Crippen molar-refractivity contribution in [3.63, 3.8) is 0 Å². The summed E-state index contributed by atoms with van der Waals surface area (Å²) in [4.78, 5) is 25.4. The van der Waals surface area contributed by atoms with E-state index in [0.29, 0.717) is 23.5 Å². The third-order valence-electron chi connectivity index (χ3n) is 3.76. The Morgan fingerprint density at radius 2 is 1.93 bits per heavy atom. The van der Waals surface area contributed by atoms with Gasteiger partial charge >= 0.3 is 12.7 Å². The molecule has 2 aromatic carbocycles. The molecule has 1 aliphatic rings. The number of nitrogens with one attached hydrogen (secondary N) is 1. The van der Waals surface area contributed by atoms with Crippen LogP contribution in [0, 0.1) is 0 Å². The minimum Gasteiger partial charge on any atom is -0.447 e. The molecule has 0 spiro atoms. The number of carbonyl (C=O) groups is 2. The standard InChI is InChI=1S/C19H16F2N2O4/c20-18(21)27-16-8-4-1-5-13(16)9-10-17(24)22-14-6-2-3-7-15(14)23-11-12-26-19(23)25/h1-10,18H,11-12H2,(H,22,24)/b10-9+. The fourth-order valence-corrected chi connectivity index (χ4v) is 2.59. The molecule has 0 unspecified atom stereocenters. The molecular weight excluding hydrogens is 358 g/mol. The largest absolute Gasteiger partial charge is 0.447 e. The average Bonchev–Trinajstić information content (AvgIpc) is 3.07. The molecule has 0 atom stereocenters. The maximum atomic E-state index is 12.4. The van der Waals surface area contributed by atoms with Crippen LogP contribution in [0.15, 0.2) is 54.6 Å². The quantitative estimate of drug-likeness (QED) is 0.779. The van der Waals surface area contributed by atoms with Crippen molar-refractivity contribution in [3.05, 3.63) is 60.2 Å². The first kappa shape index (κ1) is 18.4. The Kier molecular flexibility index (Phi) is 5.65. The van der Waals surface area contributed by atoms with E-state index in [4.69, 9.17) is 4.74 Å². The van der Waals surface area contributed by atoms with Crippen molar-refractivity contribution >= 4 is 29.5 Å². The van der Waals surface area contributed by atoms with E-state index in [0.717, 1.165) is 0 Å². The summed E-state index contributed by atoms with van der Waals surface area (Å²) in [7, 11) is 0. The smallest absolute Gasteiger partial charge is 0.414 e. The maximum Gasteiger partial charge on any atom is 0.414 e. The van der Waals surface area contributed by atoms with Gasteiger partial charge in [-0.25, -0.2) is 4.79 Å². The van der Waals surface area contributed by atoms with Crippen LogP contribution in [0.2, 0.25) is 0 Å². The predicted octanol–water partition coefficient (Wildman–Crippen LogP) is 3.90. The highest BCUT2D eigenvalue weighted by molar-refractivity contribution is 6.05. The second-order valence-electron chi connectivity index (χ2n) is 5.52. The molecular formula is C19H16F2N2O4. The van der Waals surface area contributed by atoms with Gasteiger partial charge < -0.3 is 14.8 Å². The second-order valence-corrected chi connectivity index (χ2v) is 5.52. The van der Waals surface area contributed by atoms with Crippen LogP contribution in [-0.2, 0) is 9.53 Å². The van der Waals surface area contributed by atoms with Gasteiger partial charge in [0.1, 0.15) is 12.4 Å². The maximum absolute atomic E-state index is 12.4. The molecule has 1 N–H and O–H groups in total. The monoisotopic (exact) mass is 374 g/mol. The first-order valence-corrected chi connectivity index (χ1v) is 8.11. The van der Waals surface area contributed by atoms with Gasteiger partial charge in [-0.15, -0.1) is 0 Å². The number of para-hydroxylation sites is 3. The number of carbonyl (C=O) groups excluding carboxylic acids is 2. The summed E-state index contributed by atoms with van der Waals surface area (Å²) in [5, 5.41) is 2.67. The fourth-order valence-electron chi connectivity index (χ4n) is 2.59. The zero-order chi connectivity index (χ0) is 19.2. The SMILES string of the molecule is O=C(/C=C/c1ccccc1OC(F)F)Nc1ccccc1N1CCOC1=O. The molecule has 1 aliphatic heterocycles. The van der Waals surface area contributed by atoms with Gasteiger partial charge in [-0.3, -0.25) is 9.69 Å². The van der Waals surface area contributed by atoms with E-state index in [1.165, 1.54) is 23.1 Å². The van der Waals surface area contributed by atoms with Gasteiger partial charge in [0.15, 0.2) is 0 Å². The van der Waals surface area contributed by atoms with Gasteiger partial charge in [-0.2, -0.15) is 8.78 Å². The highest BCUT2D eigenvalue weighted by atomic mass is 19.3. The number of halogens is 2. The lowest BCUT2D eigenvalue weighted by molar-refractivity contribution is -0.111. The number of nitrogens with zero attached hydrogens (tertiary/aromatic N) is 1. The third kappa shape index (κ3) is 4.60. The zero-order valence-electron chi connectivity index (χ0n) is 14.1. The number of benzene rings is 2. The number of hydrogen-bond acceptors (Lipinski definition) is 4. The van der Waals surface area contributed by atoms with Crippen LogP contribution < -0.4 is 15.0 Å². The van der Waals surface area contributed by atoms with E-state index in [1.54, 1.807) is 42.5 Å². The van der Waals surface area contributed by atoms with Gasteiger partial charge in [0.2, 0.25) is 5.91 Å². The molecule has 3 rings (SSSR count). The Balaban J connectivity index is 1.74. The lowest BCUT2D eigenvalue weighted by Gasteiger charge is -2.17. The predicted molar refractivity (Wildman–Crippen MR) is 95.9 cm³/mol. The lowest BCUT2D eigenvalue weighted by Crippen LogP contribution is -2.25. The summed E-state index contributed by atoms with van der Waals surface area (Å²) < 4.78 is 34.2. The number of hydrogen-bond donors (Lipinski definition) is 1. The molecule has 0 saturated carbocycles. The molecule has 2 amide bonds. The highest BCUT2D eigenvalue weighted by Crippen LogP contribution is 2.28. The van der Waals surface area contributed by atoms with E-state index in [2.05, 4.69) is 10.1 Å². The first-order chi connectivity index (χ1) is 13.0.